The molecule has 0 radical (unpaired) electrons. The molecule has 1 N–H and O–H groups in total. The Labute approximate surface area is 108 Å². The van der Waals surface area contributed by atoms with Crippen LogP contribution < -0.4 is 4.74 Å². The maximum Gasteiger partial charge on any atom is 0.165 e. The van der Waals surface area contributed by atoms with Gasteiger partial charge in [-0.2, -0.15) is 0 Å². The molecule has 0 saturated heterocycles. The zero-order valence-electron chi connectivity index (χ0n) is 11.4. The zero-order valence-corrected chi connectivity index (χ0v) is 11.4. The van der Waals surface area contributed by atoms with E-state index in [9.17, 15) is 9.50 Å². The van der Waals surface area contributed by atoms with Crippen LogP contribution in [0.5, 0.6) is 5.75 Å². The minimum atomic E-state index is -0.642. The van der Waals surface area contributed by atoms with E-state index in [0.29, 0.717) is 6.42 Å². The van der Waals surface area contributed by atoms with Crippen molar-refractivity contribution in [2.45, 2.75) is 38.9 Å². The molecule has 1 aromatic rings. The van der Waals surface area contributed by atoms with E-state index in [1.165, 1.54) is 13.2 Å². The first-order valence-corrected chi connectivity index (χ1v) is 5.96. The van der Waals surface area contributed by atoms with E-state index >= 15 is 0 Å². The molecular weight excluding hydrogens is 235 g/mol. The van der Waals surface area contributed by atoms with Crippen LogP contribution in [0.3, 0.4) is 0 Å². The van der Waals surface area contributed by atoms with Crippen molar-refractivity contribution < 1.29 is 19.0 Å². The first kappa shape index (κ1) is 14.9. The predicted octanol–water partition coefficient (Wildman–Crippen LogP) is 2.55. The van der Waals surface area contributed by atoms with Crippen LogP contribution in [-0.4, -0.2) is 30.5 Å². The van der Waals surface area contributed by atoms with E-state index in [4.69, 9.17) is 9.47 Å². The average Bonchev–Trinajstić information content (AvgIpc) is 2.26. The lowest BCUT2D eigenvalue weighted by Crippen LogP contribution is -2.27. The predicted molar refractivity (Wildman–Crippen MR) is 68.4 cm³/mol. The lowest BCUT2D eigenvalue weighted by Gasteiger charge is -2.22. The molecule has 102 valence electrons. The van der Waals surface area contributed by atoms with Crippen LogP contribution in [0.2, 0.25) is 0 Å². The summed E-state index contributed by atoms with van der Waals surface area (Å²) in [5.74, 6) is -0.210. The number of halogens is 1. The summed E-state index contributed by atoms with van der Waals surface area (Å²) in [5.41, 5.74) is 0.435. The molecule has 0 aliphatic heterocycles. The molecule has 18 heavy (non-hydrogen) atoms. The second-order valence-electron chi connectivity index (χ2n) is 5.25. The highest BCUT2D eigenvalue weighted by molar-refractivity contribution is 5.29. The van der Waals surface area contributed by atoms with E-state index in [1.54, 1.807) is 12.1 Å². The van der Waals surface area contributed by atoms with Crippen LogP contribution in [0.1, 0.15) is 26.3 Å². The van der Waals surface area contributed by atoms with E-state index < -0.39 is 11.9 Å². The highest BCUT2D eigenvalue weighted by Crippen LogP contribution is 2.19. The molecule has 0 aliphatic carbocycles. The van der Waals surface area contributed by atoms with Crippen LogP contribution in [0.25, 0.3) is 0 Å². The van der Waals surface area contributed by atoms with Crippen LogP contribution in [0, 0.1) is 5.82 Å². The highest BCUT2D eigenvalue weighted by Gasteiger charge is 2.14. The number of aliphatic hydroxyl groups excluding tert-OH is 1. The van der Waals surface area contributed by atoms with E-state index in [1.807, 2.05) is 20.8 Å². The summed E-state index contributed by atoms with van der Waals surface area (Å²) >= 11 is 0. The van der Waals surface area contributed by atoms with Crippen molar-refractivity contribution in [1.82, 2.24) is 0 Å². The molecule has 1 aromatic carbocycles. The second-order valence-corrected chi connectivity index (χ2v) is 5.25. The normalized spacial score (nSPS) is 13.4. The number of rotatable bonds is 5. The lowest BCUT2D eigenvalue weighted by molar-refractivity contribution is -0.0482. The lowest BCUT2D eigenvalue weighted by atomic mass is 10.1. The average molecular weight is 256 g/mol. The number of benzene rings is 1. The minimum Gasteiger partial charge on any atom is -0.494 e. The summed E-state index contributed by atoms with van der Waals surface area (Å²) in [5, 5.41) is 9.80. The quantitative estimate of drug-likeness (QED) is 0.880. The summed E-state index contributed by atoms with van der Waals surface area (Å²) in [6.07, 6.45) is -0.284. The van der Waals surface area contributed by atoms with Gasteiger partial charge in [-0.05, 0) is 38.5 Å². The Balaban J connectivity index is 2.54. The van der Waals surface area contributed by atoms with Gasteiger partial charge in [0, 0.05) is 6.42 Å². The fourth-order valence-electron chi connectivity index (χ4n) is 1.51. The first-order valence-electron chi connectivity index (χ1n) is 5.96. The molecule has 0 fully saturated rings. The van der Waals surface area contributed by atoms with Crippen molar-refractivity contribution in [2.75, 3.05) is 13.7 Å². The van der Waals surface area contributed by atoms with Crippen molar-refractivity contribution >= 4 is 0 Å². The Kier molecular flexibility index (Phi) is 5.11. The Bertz CT molecular complexity index is 385. The first-order chi connectivity index (χ1) is 8.31. The molecule has 1 atom stereocenters. The van der Waals surface area contributed by atoms with Gasteiger partial charge in [-0.25, -0.2) is 4.39 Å². The van der Waals surface area contributed by atoms with Gasteiger partial charge in [0.2, 0.25) is 0 Å². The van der Waals surface area contributed by atoms with Gasteiger partial charge in [0.05, 0.1) is 25.4 Å². The summed E-state index contributed by atoms with van der Waals surface area (Å²) in [7, 11) is 1.42. The van der Waals surface area contributed by atoms with Crippen LogP contribution >= 0.6 is 0 Å². The smallest absolute Gasteiger partial charge is 0.165 e. The molecule has 0 aromatic heterocycles. The van der Waals surface area contributed by atoms with Crippen molar-refractivity contribution in [3.63, 3.8) is 0 Å². The van der Waals surface area contributed by atoms with Crippen LogP contribution in [0.15, 0.2) is 18.2 Å². The van der Waals surface area contributed by atoms with Gasteiger partial charge in [0.25, 0.3) is 0 Å². The molecule has 3 nitrogen and oxygen atoms in total. The Morgan fingerprint density at radius 3 is 2.50 bits per heavy atom. The van der Waals surface area contributed by atoms with Gasteiger partial charge >= 0.3 is 0 Å². The Morgan fingerprint density at radius 2 is 2.00 bits per heavy atom. The molecule has 0 bridgehead atoms. The number of methoxy groups -OCH3 is 1. The highest BCUT2D eigenvalue weighted by atomic mass is 19.1. The van der Waals surface area contributed by atoms with Crippen molar-refractivity contribution in [2.24, 2.45) is 0 Å². The maximum absolute atomic E-state index is 13.4. The van der Waals surface area contributed by atoms with E-state index in [2.05, 4.69) is 0 Å². The third kappa shape index (κ3) is 5.02. The van der Waals surface area contributed by atoms with Gasteiger partial charge in [-0.1, -0.05) is 6.07 Å². The molecule has 4 heteroatoms. The number of ether oxygens (including phenoxy) is 2. The van der Waals surface area contributed by atoms with Crippen molar-refractivity contribution in [3.05, 3.63) is 29.6 Å². The summed E-state index contributed by atoms with van der Waals surface area (Å²) in [6, 6.07) is 4.67. The zero-order chi connectivity index (χ0) is 13.8. The molecule has 0 spiro atoms. The fraction of sp³-hybridized carbons (Fsp3) is 0.571. The third-order valence-corrected chi connectivity index (χ3v) is 2.40. The second kappa shape index (κ2) is 6.16. The molecule has 0 amide bonds. The van der Waals surface area contributed by atoms with Crippen LogP contribution in [0.4, 0.5) is 4.39 Å². The van der Waals surface area contributed by atoms with E-state index in [-0.39, 0.29) is 18.0 Å². The summed E-state index contributed by atoms with van der Waals surface area (Å²) in [6.45, 7) is 6.00. The Morgan fingerprint density at radius 1 is 1.33 bits per heavy atom. The molecular formula is C14H21FO3. The fourth-order valence-corrected chi connectivity index (χ4v) is 1.51. The minimum absolute atomic E-state index is 0.208. The van der Waals surface area contributed by atoms with Gasteiger partial charge in [0.15, 0.2) is 11.6 Å². The third-order valence-electron chi connectivity index (χ3n) is 2.40. The largest absolute Gasteiger partial charge is 0.494 e. The Hall–Kier alpha value is -1.13. The van der Waals surface area contributed by atoms with Gasteiger partial charge in [0.1, 0.15) is 0 Å². The SMILES string of the molecule is COc1ccc(CC(O)COC(C)(C)C)cc1F. The van der Waals surface area contributed by atoms with Crippen molar-refractivity contribution in [1.29, 1.82) is 0 Å². The van der Waals surface area contributed by atoms with Gasteiger partial charge < -0.3 is 14.6 Å². The van der Waals surface area contributed by atoms with Crippen molar-refractivity contribution in [3.8, 4) is 5.75 Å². The summed E-state index contributed by atoms with van der Waals surface area (Å²) in [4.78, 5) is 0. The molecule has 0 saturated carbocycles. The number of aliphatic hydroxyl groups is 1. The topological polar surface area (TPSA) is 38.7 Å². The van der Waals surface area contributed by atoms with Gasteiger partial charge in [-0.15, -0.1) is 0 Å². The van der Waals surface area contributed by atoms with Gasteiger partial charge in [-0.3, -0.25) is 0 Å². The molecule has 0 heterocycles. The monoisotopic (exact) mass is 256 g/mol. The molecule has 1 rings (SSSR count). The maximum atomic E-state index is 13.4. The van der Waals surface area contributed by atoms with Crippen LogP contribution in [-0.2, 0) is 11.2 Å². The van der Waals surface area contributed by atoms with E-state index in [0.717, 1.165) is 5.56 Å². The molecule has 0 aliphatic rings. The molecule has 1 unspecified atom stereocenters. The standard InChI is InChI=1S/C14H21FO3/c1-14(2,3)18-9-11(16)7-10-5-6-13(17-4)12(15)8-10/h5-6,8,11,16H,7,9H2,1-4H3. The number of hydrogen-bond donors (Lipinski definition) is 1. The summed E-state index contributed by atoms with van der Waals surface area (Å²) < 4.78 is 23.7. The number of hydrogen-bond acceptors (Lipinski definition) is 3.